The van der Waals surface area contributed by atoms with E-state index in [1.165, 1.54) is 49.1 Å². The van der Waals surface area contributed by atoms with E-state index in [2.05, 4.69) is 269 Å². The standard InChI is InChI=1S/C66H42BN3O/c1-4-19-43(20-5-1)46-39-62-65-64(40-46)71-63-42-48(69-59-33-16-12-27-53(59)54-28-13-17-34-60(54)69)36-38-56(63)67(65)55-37-35-47(68-57-31-14-10-25-51(57)52-26-11-15-32-58(52)68)41-61(55)70(62)66-49(44-21-6-2-7-22-44)29-18-30-50(66)45-23-8-3-9-24-45/h1-42H. The molecule has 0 atom stereocenters. The summed E-state index contributed by atoms with van der Waals surface area (Å²) in [7, 11) is 0. The van der Waals surface area contributed by atoms with E-state index in [0.29, 0.717) is 0 Å². The zero-order valence-electron chi connectivity index (χ0n) is 38.6. The van der Waals surface area contributed by atoms with Crippen molar-refractivity contribution >= 4 is 83.8 Å². The van der Waals surface area contributed by atoms with Crippen molar-refractivity contribution in [3.05, 3.63) is 255 Å². The Morgan fingerprint density at radius 2 is 0.761 bits per heavy atom. The lowest BCUT2D eigenvalue weighted by molar-refractivity contribution is 0.487. The van der Waals surface area contributed by atoms with Crippen LogP contribution in [0.3, 0.4) is 0 Å². The molecule has 2 aliphatic rings. The highest BCUT2D eigenvalue weighted by molar-refractivity contribution is 6.99. The van der Waals surface area contributed by atoms with E-state index in [1.54, 1.807) is 0 Å². The monoisotopic (exact) mass is 903 g/mol. The Bertz CT molecular complexity index is 4110. The first-order chi connectivity index (χ1) is 35.2. The lowest BCUT2D eigenvalue weighted by atomic mass is 9.34. The molecule has 0 saturated carbocycles. The van der Waals surface area contributed by atoms with E-state index < -0.39 is 0 Å². The number of hydrogen-bond acceptors (Lipinski definition) is 2. The first-order valence-electron chi connectivity index (χ1n) is 24.5. The van der Waals surface area contributed by atoms with Crippen LogP contribution in [-0.2, 0) is 0 Å². The van der Waals surface area contributed by atoms with Gasteiger partial charge in [0, 0.05) is 61.5 Å². The summed E-state index contributed by atoms with van der Waals surface area (Å²) in [5.74, 6) is 1.72. The van der Waals surface area contributed by atoms with Gasteiger partial charge in [-0.05, 0) is 93.2 Å². The molecular formula is C66H42BN3O. The van der Waals surface area contributed by atoms with Crippen molar-refractivity contribution in [2.45, 2.75) is 0 Å². The number of aromatic nitrogens is 2. The summed E-state index contributed by atoms with van der Waals surface area (Å²) in [6.07, 6.45) is 0. The molecule has 0 N–H and O–H groups in total. The molecule has 0 amide bonds. The molecule has 0 saturated heterocycles. The van der Waals surface area contributed by atoms with Crippen LogP contribution in [0, 0.1) is 0 Å². The molecule has 0 aliphatic carbocycles. The summed E-state index contributed by atoms with van der Waals surface area (Å²) in [6.45, 7) is -0.136. The third kappa shape index (κ3) is 6.00. The summed E-state index contributed by atoms with van der Waals surface area (Å²) in [5.41, 5.74) is 20.5. The number of benzene rings is 11. The Hall–Kier alpha value is -9.32. The zero-order valence-corrected chi connectivity index (χ0v) is 38.6. The molecule has 0 unspecified atom stereocenters. The van der Waals surface area contributed by atoms with Gasteiger partial charge in [-0.25, -0.2) is 0 Å². The van der Waals surface area contributed by atoms with Crippen LogP contribution in [0.5, 0.6) is 11.5 Å². The van der Waals surface area contributed by atoms with Crippen LogP contribution in [0.4, 0.5) is 17.1 Å². The van der Waals surface area contributed by atoms with Crippen LogP contribution in [-0.4, -0.2) is 15.8 Å². The first-order valence-corrected chi connectivity index (χ1v) is 24.5. The largest absolute Gasteiger partial charge is 0.458 e. The van der Waals surface area contributed by atoms with Crippen molar-refractivity contribution in [3.8, 4) is 56.3 Å². The van der Waals surface area contributed by atoms with Crippen molar-refractivity contribution in [1.82, 2.24) is 9.13 Å². The van der Waals surface area contributed by atoms with Crippen LogP contribution in [0.25, 0.3) is 88.4 Å². The van der Waals surface area contributed by atoms with Crippen molar-refractivity contribution < 1.29 is 4.74 Å². The molecule has 0 bridgehead atoms. The van der Waals surface area contributed by atoms with E-state index in [1.807, 2.05) is 0 Å². The molecule has 11 aromatic carbocycles. The van der Waals surface area contributed by atoms with Gasteiger partial charge in [-0.3, -0.25) is 0 Å². The van der Waals surface area contributed by atoms with Crippen molar-refractivity contribution in [2.75, 3.05) is 4.90 Å². The van der Waals surface area contributed by atoms with Crippen molar-refractivity contribution in [3.63, 3.8) is 0 Å². The minimum absolute atomic E-state index is 0.136. The van der Waals surface area contributed by atoms with E-state index in [-0.39, 0.29) is 6.71 Å². The molecule has 13 aromatic rings. The molecule has 0 fully saturated rings. The van der Waals surface area contributed by atoms with Crippen molar-refractivity contribution in [2.24, 2.45) is 0 Å². The highest BCUT2D eigenvalue weighted by Gasteiger charge is 2.43. The topological polar surface area (TPSA) is 22.3 Å². The molecule has 2 aliphatic heterocycles. The fraction of sp³-hybridized carbons (Fsp3) is 0. The zero-order chi connectivity index (χ0) is 46.6. The Kier molecular flexibility index (Phi) is 8.72. The van der Waals surface area contributed by atoms with Gasteiger partial charge in [0.1, 0.15) is 11.5 Å². The maximum absolute atomic E-state index is 7.41. The second-order valence-electron chi connectivity index (χ2n) is 18.8. The molecule has 15 rings (SSSR count). The number of hydrogen-bond donors (Lipinski definition) is 0. The predicted octanol–water partition coefficient (Wildman–Crippen LogP) is 15.3. The average Bonchev–Trinajstić information content (AvgIpc) is 3.96. The smallest absolute Gasteiger partial charge is 0.256 e. The van der Waals surface area contributed by atoms with Gasteiger partial charge in [-0.15, -0.1) is 0 Å². The number of fused-ring (bicyclic) bond motifs is 10. The summed E-state index contributed by atoms with van der Waals surface area (Å²) in [6, 6.07) is 93.0. The highest BCUT2D eigenvalue weighted by atomic mass is 16.5. The van der Waals surface area contributed by atoms with Gasteiger partial charge >= 0.3 is 0 Å². The third-order valence-corrected chi connectivity index (χ3v) is 15.0. The molecule has 0 radical (unpaired) electrons. The molecule has 4 nitrogen and oxygen atoms in total. The average molecular weight is 904 g/mol. The maximum atomic E-state index is 7.41. The summed E-state index contributed by atoms with van der Waals surface area (Å²) in [4.78, 5) is 2.57. The molecular weight excluding hydrogens is 862 g/mol. The molecule has 2 aromatic heterocycles. The number of para-hydroxylation sites is 5. The van der Waals surface area contributed by atoms with Gasteiger partial charge in [-0.1, -0.05) is 194 Å². The Labute approximate surface area is 411 Å². The van der Waals surface area contributed by atoms with Gasteiger partial charge in [0.15, 0.2) is 0 Å². The van der Waals surface area contributed by atoms with Gasteiger partial charge in [-0.2, -0.15) is 0 Å². The minimum atomic E-state index is -0.136. The van der Waals surface area contributed by atoms with Crippen LogP contribution >= 0.6 is 0 Å². The van der Waals surface area contributed by atoms with E-state index in [4.69, 9.17) is 4.74 Å². The lowest BCUT2D eigenvalue weighted by Gasteiger charge is -2.42. The molecule has 71 heavy (non-hydrogen) atoms. The summed E-state index contributed by atoms with van der Waals surface area (Å²) in [5, 5.41) is 4.93. The normalized spacial score (nSPS) is 12.6. The number of anilines is 3. The predicted molar refractivity (Wildman–Crippen MR) is 297 cm³/mol. The second kappa shape index (κ2) is 15.6. The first kappa shape index (κ1) is 39.7. The van der Waals surface area contributed by atoms with Gasteiger partial charge < -0.3 is 18.8 Å². The Morgan fingerprint density at radius 3 is 1.28 bits per heavy atom. The van der Waals surface area contributed by atoms with Gasteiger partial charge in [0.2, 0.25) is 0 Å². The Morgan fingerprint density at radius 1 is 0.310 bits per heavy atom. The summed E-state index contributed by atoms with van der Waals surface area (Å²) < 4.78 is 12.2. The minimum Gasteiger partial charge on any atom is -0.458 e. The SMILES string of the molecule is c1ccc(-c2cc3c4c(c2)N(c2c(-c5ccccc5)cccc2-c2ccccc2)c2cc(-n5c6ccccc6c6ccccc65)ccc2B4c2ccc(-n4c5ccccc5c5ccccc54)cc2O3)cc1. The van der Waals surface area contributed by atoms with E-state index in [9.17, 15) is 0 Å². The second-order valence-corrected chi connectivity index (χ2v) is 18.8. The quantitative estimate of drug-likeness (QED) is 0.155. The number of rotatable bonds is 6. The maximum Gasteiger partial charge on any atom is 0.256 e. The van der Waals surface area contributed by atoms with Crippen LogP contribution in [0.1, 0.15) is 0 Å². The Balaban J connectivity index is 1.05. The molecule has 330 valence electrons. The van der Waals surface area contributed by atoms with Gasteiger partial charge in [0.05, 0.1) is 27.8 Å². The fourth-order valence-corrected chi connectivity index (χ4v) is 11.9. The number of nitrogens with zero attached hydrogens (tertiary/aromatic N) is 3. The fourth-order valence-electron chi connectivity index (χ4n) is 11.9. The van der Waals surface area contributed by atoms with Crippen molar-refractivity contribution in [1.29, 1.82) is 0 Å². The highest BCUT2D eigenvalue weighted by Crippen LogP contribution is 2.50. The van der Waals surface area contributed by atoms with Gasteiger partial charge in [0.25, 0.3) is 6.71 Å². The van der Waals surface area contributed by atoms with Crippen LogP contribution in [0.2, 0.25) is 0 Å². The molecule has 4 heterocycles. The third-order valence-electron chi connectivity index (χ3n) is 15.0. The molecule has 5 heteroatoms. The van der Waals surface area contributed by atoms with E-state index in [0.717, 1.165) is 84.2 Å². The number of ether oxygens (including phenoxy) is 1. The van der Waals surface area contributed by atoms with Crippen LogP contribution < -0.4 is 26.0 Å². The lowest BCUT2D eigenvalue weighted by Crippen LogP contribution is -2.59. The summed E-state index contributed by atoms with van der Waals surface area (Å²) >= 11 is 0. The van der Waals surface area contributed by atoms with Crippen LogP contribution in [0.15, 0.2) is 255 Å². The molecule has 0 spiro atoms. The van der Waals surface area contributed by atoms with E-state index >= 15 is 0 Å².